The Morgan fingerprint density at radius 3 is 3.00 bits per heavy atom. The third-order valence-electron chi connectivity index (χ3n) is 2.41. The number of hydrogen-bond acceptors (Lipinski definition) is 2. The van der Waals surface area contributed by atoms with E-state index < -0.39 is 0 Å². The van der Waals surface area contributed by atoms with E-state index >= 15 is 0 Å². The van der Waals surface area contributed by atoms with Crippen LogP contribution in [0.2, 0.25) is 0 Å². The summed E-state index contributed by atoms with van der Waals surface area (Å²) in [6, 6.07) is 0.641. The van der Waals surface area contributed by atoms with Crippen molar-refractivity contribution < 1.29 is 0 Å². The van der Waals surface area contributed by atoms with Crippen molar-refractivity contribution in [2.24, 2.45) is 5.92 Å². The zero-order valence-electron chi connectivity index (χ0n) is 8.71. The highest BCUT2D eigenvalue weighted by Gasteiger charge is 2.18. The van der Waals surface area contributed by atoms with Crippen LogP contribution in [0.3, 0.4) is 0 Å². The molecule has 2 nitrogen and oxygen atoms in total. The molecule has 1 heterocycles. The van der Waals surface area contributed by atoms with Gasteiger partial charge in [-0.15, -0.1) is 6.42 Å². The highest BCUT2D eigenvalue weighted by Crippen LogP contribution is 2.08. The van der Waals surface area contributed by atoms with Gasteiger partial charge in [0.2, 0.25) is 0 Å². The first-order chi connectivity index (χ1) is 6.22. The number of rotatable bonds is 3. The van der Waals surface area contributed by atoms with Gasteiger partial charge in [-0.2, -0.15) is 0 Å². The molecule has 1 rings (SSSR count). The van der Waals surface area contributed by atoms with Gasteiger partial charge in [-0.05, 0) is 12.3 Å². The minimum Gasteiger partial charge on any atom is -0.311 e. The van der Waals surface area contributed by atoms with Gasteiger partial charge in [0, 0.05) is 25.7 Å². The lowest BCUT2D eigenvalue weighted by Gasteiger charge is -2.33. The van der Waals surface area contributed by atoms with Gasteiger partial charge >= 0.3 is 0 Å². The lowest BCUT2D eigenvalue weighted by molar-refractivity contribution is 0.205. The molecule has 1 aliphatic heterocycles. The van der Waals surface area contributed by atoms with Gasteiger partial charge < -0.3 is 5.32 Å². The second-order valence-electron chi connectivity index (χ2n) is 4.22. The Morgan fingerprint density at radius 1 is 1.62 bits per heavy atom. The van der Waals surface area contributed by atoms with E-state index in [0.717, 1.165) is 32.1 Å². The molecule has 1 aliphatic rings. The van der Waals surface area contributed by atoms with Gasteiger partial charge in [0.05, 0.1) is 6.54 Å². The molecule has 13 heavy (non-hydrogen) atoms. The van der Waals surface area contributed by atoms with Crippen molar-refractivity contribution >= 4 is 0 Å². The first kappa shape index (κ1) is 10.6. The quantitative estimate of drug-likeness (QED) is 0.650. The van der Waals surface area contributed by atoms with Crippen LogP contribution in [-0.4, -0.2) is 37.1 Å². The van der Waals surface area contributed by atoms with Gasteiger partial charge in [-0.3, -0.25) is 4.90 Å². The average molecular weight is 180 g/mol. The van der Waals surface area contributed by atoms with Gasteiger partial charge in [-0.1, -0.05) is 19.8 Å². The van der Waals surface area contributed by atoms with Crippen molar-refractivity contribution in [3.63, 3.8) is 0 Å². The van der Waals surface area contributed by atoms with Crippen LogP contribution in [0.5, 0.6) is 0 Å². The van der Waals surface area contributed by atoms with Crippen LogP contribution in [0.4, 0.5) is 0 Å². The molecule has 0 aliphatic carbocycles. The van der Waals surface area contributed by atoms with Crippen LogP contribution < -0.4 is 5.32 Å². The zero-order valence-corrected chi connectivity index (χ0v) is 8.71. The van der Waals surface area contributed by atoms with E-state index in [4.69, 9.17) is 6.42 Å². The third-order valence-corrected chi connectivity index (χ3v) is 2.41. The molecule has 0 aromatic rings. The molecule has 1 N–H and O–H groups in total. The van der Waals surface area contributed by atoms with Crippen molar-refractivity contribution in [1.82, 2.24) is 10.2 Å². The highest BCUT2D eigenvalue weighted by molar-refractivity contribution is 4.91. The summed E-state index contributed by atoms with van der Waals surface area (Å²) in [6.07, 6.45) is 6.55. The standard InChI is InChI=1S/C11H20N2/c1-4-6-13-7-5-12-11(9-13)8-10(2)3/h1,10-12H,5-9H2,2-3H3. The van der Waals surface area contributed by atoms with Crippen LogP contribution >= 0.6 is 0 Å². The van der Waals surface area contributed by atoms with E-state index in [0.29, 0.717) is 6.04 Å². The largest absolute Gasteiger partial charge is 0.311 e. The molecule has 1 fully saturated rings. The van der Waals surface area contributed by atoms with Crippen molar-refractivity contribution in [2.45, 2.75) is 26.3 Å². The normalized spacial score (nSPS) is 24.6. The van der Waals surface area contributed by atoms with E-state index in [9.17, 15) is 0 Å². The fourth-order valence-corrected chi connectivity index (χ4v) is 1.89. The van der Waals surface area contributed by atoms with Crippen LogP contribution in [0.25, 0.3) is 0 Å². The Morgan fingerprint density at radius 2 is 2.38 bits per heavy atom. The van der Waals surface area contributed by atoms with Crippen molar-refractivity contribution in [1.29, 1.82) is 0 Å². The summed E-state index contributed by atoms with van der Waals surface area (Å²) in [6.45, 7) is 8.63. The zero-order chi connectivity index (χ0) is 9.68. The maximum Gasteiger partial charge on any atom is 0.0599 e. The predicted octanol–water partition coefficient (Wildman–Crippen LogP) is 0.939. The highest BCUT2D eigenvalue weighted by atomic mass is 15.2. The molecule has 2 heteroatoms. The molecule has 0 radical (unpaired) electrons. The van der Waals surface area contributed by atoms with Crippen molar-refractivity contribution in [3.05, 3.63) is 0 Å². The van der Waals surface area contributed by atoms with Gasteiger partial charge in [0.25, 0.3) is 0 Å². The van der Waals surface area contributed by atoms with Crippen LogP contribution in [-0.2, 0) is 0 Å². The SMILES string of the molecule is C#CCN1CCNC(CC(C)C)C1. The van der Waals surface area contributed by atoms with Crippen molar-refractivity contribution in [3.8, 4) is 12.3 Å². The van der Waals surface area contributed by atoms with Gasteiger partial charge in [0.15, 0.2) is 0 Å². The maximum atomic E-state index is 5.29. The molecule has 0 spiro atoms. The Bertz CT molecular complexity index is 181. The van der Waals surface area contributed by atoms with E-state index in [-0.39, 0.29) is 0 Å². The molecule has 0 amide bonds. The second-order valence-corrected chi connectivity index (χ2v) is 4.22. The molecular formula is C11H20N2. The lowest BCUT2D eigenvalue weighted by Crippen LogP contribution is -2.51. The number of nitrogens with zero attached hydrogens (tertiary/aromatic N) is 1. The Kier molecular flexibility index (Phi) is 4.27. The Hall–Kier alpha value is -0.520. The summed E-state index contributed by atoms with van der Waals surface area (Å²) in [5.74, 6) is 3.48. The minimum absolute atomic E-state index is 0.641. The molecule has 1 unspecified atom stereocenters. The fraction of sp³-hybridized carbons (Fsp3) is 0.818. The molecule has 1 atom stereocenters. The monoisotopic (exact) mass is 180 g/mol. The van der Waals surface area contributed by atoms with E-state index in [1.807, 2.05) is 0 Å². The van der Waals surface area contributed by atoms with Crippen LogP contribution in [0, 0.1) is 18.3 Å². The minimum atomic E-state index is 0.641. The third kappa shape index (κ3) is 3.80. The molecule has 0 saturated carbocycles. The Balaban J connectivity index is 2.29. The van der Waals surface area contributed by atoms with Crippen molar-refractivity contribution in [2.75, 3.05) is 26.2 Å². The average Bonchev–Trinajstić information content (AvgIpc) is 2.04. The first-order valence-electron chi connectivity index (χ1n) is 5.11. The molecule has 0 aromatic heterocycles. The van der Waals surface area contributed by atoms with Crippen LogP contribution in [0.1, 0.15) is 20.3 Å². The van der Waals surface area contributed by atoms with Gasteiger partial charge in [-0.25, -0.2) is 0 Å². The van der Waals surface area contributed by atoms with E-state index in [1.54, 1.807) is 0 Å². The summed E-state index contributed by atoms with van der Waals surface area (Å²) >= 11 is 0. The second kappa shape index (κ2) is 5.26. The number of hydrogen-bond donors (Lipinski definition) is 1. The number of nitrogens with one attached hydrogen (secondary N) is 1. The van der Waals surface area contributed by atoms with E-state index in [2.05, 4.69) is 30.0 Å². The summed E-state index contributed by atoms with van der Waals surface area (Å²) in [5.41, 5.74) is 0. The number of terminal acetylenes is 1. The Labute approximate surface area is 81.7 Å². The maximum absolute atomic E-state index is 5.29. The fourth-order valence-electron chi connectivity index (χ4n) is 1.89. The first-order valence-corrected chi connectivity index (χ1v) is 5.11. The molecular weight excluding hydrogens is 160 g/mol. The smallest absolute Gasteiger partial charge is 0.0599 e. The number of piperazine rings is 1. The molecule has 1 saturated heterocycles. The summed E-state index contributed by atoms with van der Waals surface area (Å²) < 4.78 is 0. The molecule has 0 aromatic carbocycles. The summed E-state index contributed by atoms with van der Waals surface area (Å²) in [7, 11) is 0. The molecule has 0 bridgehead atoms. The molecule has 74 valence electrons. The predicted molar refractivity (Wildman–Crippen MR) is 56.5 cm³/mol. The van der Waals surface area contributed by atoms with E-state index in [1.165, 1.54) is 6.42 Å². The van der Waals surface area contributed by atoms with Crippen LogP contribution in [0.15, 0.2) is 0 Å². The summed E-state index contributed by atoms with van der Waals surface area (Å²) in [4.78, 5) is 2.35. The van der Waals surface area contributed by atoms with Gasteiger partial charge in [0.1, 0.15) is 0 Å². The summed E-state index contributed by atoms with van der Waals surface area (Å²) in [5, 5.41) is 3.53. The lowest BCUT2D eigenvalue weighted by atomic mass is 10.0. The topological polar surface area (TPSA) is 15.3 Å².